The van der Waals surface area contributed by atoms with Crippen LogP contribution in [0, 0.1) is 18.7 Å². The average Bonchev–Trinajstić information content (AvgIpc) is 3.30. The summed E-state index contributed by atoms with van der Waals surface area (Å²) in [4.78, 5) is 51.1. The number of nitrogen functional groups attached to an aromatic ring is 1. The van der Waals surface area contributed by atoms with Crippen LogP contribution in [0.15, 0.2) is 48.9 Å². The van der Waals surface area contributed by atoms with Crippen molar-refractivity contribution in [2.24, 2.45) is 13.0 Å². The number of nitrogens with two attached hydrogens (primary N) is 1. The normalized spacial score (nSPS) is 17.9. The molecule has 0 unspecified atom stereocenters. The molecule has 3 amide bonds. The third-order valence-corrected chi connectivity index (χ3v) is 7.13. The average molecular weight is 507 g/mol. The number of nitrogens with zero attached hydrogens (tertiary/aromatic N) is 5. The van der Waals surface area contributed by atoms with Crippen LogP contribution in [0.25, 0.3) is 0 Å². The topological polar surface area (TPSA) is 114 Å². The number of likely N-dealkylation sites (tertiary alicyclic amines) is 1. The minimum atomic E-state index is -0.998. The van der Waals surface area contributed by atoms with Gasteiger partial charge in [-0.2, -0.15) is 0 Å². The summed E-state index contributed by atoms with van der Waals surface area (Å²) in [5, 5.41) is 0. The molecule has 1 aromatic carbocycles. The molecule has 0 bridgehead atoms. The van der Waals surface area contributed by atoms with Gasteiger partial charge in [0.15, 0.2) is 0 Å². The van der Waals surface area contributed by atoms with E-state index in [0.717, 1.165) is 16.0 Å². The van der Waals surface area contributed by atoms with E-state index >= 15 is 0 Å². The van der Waals surface area contributed by atoms with Crippen LogP contribution in [0.1, 0.15) is 42.4 Å². The van der Waals surface area contributed by atoms with Crippen LogP contribution in [0.5, 0.6) is 0 Å². The van der Waals surface area contributed by atoms with Crippen molar-refractivity contribution in [1.82, 2.24) is 19.4 Å². The largest absolute Gasteiger partial charge is 0.384 e. The predicted octanol–water partition coefficient (Wildman–Crippen LogP) is 2.99. The van der Waals surface area contributed by atoms with Crippen molar-refractivity contribution >= 4 is 29.5 Å². The number of carbonyl (C=O) groups is 3. The molecule has 0 saturated carbocycles. The number of aryl methyl sites for hydroxylation is 1. The van der Waals surface area contributed by atoms with Gasteiger partial charge < -0.3 is 10.3 Å². The second-order valence-electron chi connectivity index (χ2n) is 9.45. The van der Waals surface area contributed by atoms with E-state index in [-0.39, 0.29) is 24.6 Å². The van der Waals surface area contributed by atoms with E-state index in [0.29, 0.717) is 23.8 Å². The first-order valence-electron chi connectivity index (χ1n) is 12.2. The first-order chi connectivity index (χ1) is 17.6. The minimum absolute atomic E-state index is 0.0165. The summed E-state index contributed by atoms with van der Waals surface area (Å²) in [5.74, 6) is -1.97. The third kappa shape index (κ3) is 4.96. The molecule has 1 saturated heterocycles. The van der Waals surface area contributed by atoms with Crippen LogP contribution in [-0.4, -0.2) is 50.2 Å². The molecule has 1 aliphatic rings. The van der Waals surface area contributed by atoms with Gasteiger partial charge >= 0.3 is 0 Å². The number of likely N-dealkylation sites (N-methyl/N-ethyl adjacent to an activating group) is 1. The molecule has 9 nitrogen and oxygen atoms in total. The zero-order chi connectivity index (χ0) is 26.9. The number of rotatable bonds is 8. The molecule has 2 N–H and O–H groups in total. The molecule has 3 aromatic rings. The molecule has 1 fully saturated rings. The number of hydrogen-bond acceptors (Lipinski definition) is 6. The van der Waals surface area contributed by atoms with E-state index in [2.05, 4.69) is 9.97 Å². The number of benzene rings is 1. The number of anilines is 2. The maximum Gasteiger partial charge on any atom is 0.253 e. The molecule has 10 heteroatoms. The molecule has 194 valence electrons. The van der Waals surface area contributed by atoms with Gasteiger partial charge in [0.05, 0.1) is 5.92 Å². The van der Waals surface area contributed by atoms with Crippen LogP contribution in [0.2, 0.25) is 0 Å². The van der Waals surface area contributed by atoms with E-state index < -0.39 is 29.7 Å². The van der Waals surface area contributed by atoms with Crippen molar-refractivity contribution < 1.29 is 18.8 Å². The summed E-state index contributed by atoms with van der Waals surface area (Å²) in [6.45, 7) is 3.59. The summed E-state index contributed by atoms with van der Waals surface area (Å²) >= 11 is 0. The van der Waals surface area contributed by atoms with E-state index in [1.807, 2.05) is 6.92 Å². The Morgan fingerprint density at radius 2 is 1.97 bits per heavy atom. The summed E-state index contributed by atoms with van der Waals surface area (Å²) in [5.41, 5.74) is 7.75. The highest BCUT2D eigenvalue weighted by Gasteiger charge is 2.55. The van der Waals surface area contributed by atoms with Crippen molar-refractivity contribution in [2.75, 3.05) is 17.7 Å². The third-order valence-electron chi connectivity index (χ3n) is 7.13. The maximum absolute atomic E-state index is 14.2. The fourth-order valence-corrected chi connectivity index (χ4v) is 5.01. The standard InChI is InChI=1S/C27H31FN6O3/c1-5-18(19-7-6-8-21(28)16(19)2)15-23(35)34-24(26(37)33(4)27-31-11-12-32(27)3)20(25(34)36)13-17-9-10-30-22(29)14-17/h6-12,14,18,20,24H,5,13,15H2,1-4H3,(H2,29,30)/t18-,20+,24-/m0/s1. The predicted molar refractivity (Wildman–Crippen MR) is 137 cm³/mol. The molecule has 0 radical (unpaired) electrons. The van der Waals surface area contributed by atoms with Gasteiger partial charge in [-0.15, -0.1) is 0 Å². The number of amides is 3. The Morgan fingerprint density at radius 3 is 2.62 bits per heavy atom. The molecule has 0 aliphatic carbocycles. The molecular formula is C27H31FN6O3. The van der Waals surface area contributed by atoms with Gasteiger partial charge in [-0.05, 0) is 60.6 Å². The van der Waals surface area contributed by atoms with Gasteiger partial charge in [0, 0.05) is 39.1 Å². The summed E-state index contributed by atoms with van der Waals surface area (Å²) in [6, 6.07) is 7.18. The number of pyridine rings is 1. The zero-order valence-electron chi connectivity index (χ0n) is 21.4. The Labute approximate surface area is 215 Å². The number of halogens is 1. The lowest BCUT2D eigenvalue weighted by Crippen LogP contribution is -2.69. The highest BCUT2D eigenvalue weighted by molar-refractivity contribution is 6.12. The number of imide groups is 1. The second kappa shape index (κ2) is 10.5. The van der Waals surface area contributed by atoms with Gasteiger partial charge in [-0.3, -0.25) is 24.2 Å². The molecule has 3 heterocycles. The van der Waals surface area contributed by atoms with Crippen LogP contribution in [-0.2, 0) is 27.9 Å². The fourth-order valence-electron chi connectivity index (χ4n) is 5.01. The number of carbonyl (C=O) groups excluding carboxylic acids is 3. The quantitative estimate of drug-likeness (QED) is 0.470. The second-order valence-corrected chi connectivity index (χ2v) is 9.45. The number of hydrogen-bond donors (Lipinski definition) is 1. The summed E-state index contributed by atoms with van der Waals surface area (Å²) in [6.07, 6.45) is 5.61. The minimum Gasteiger partial charge on any atom is -0.384 e. The first kappa shape index (κ1) is 26.0. The van der Waals surface area contributed by atoms with E-state index in [1.165, 1.54) is 11.0 Å². The Balaban J connectivity index is 1.62. The van der Waals surface area contributed by atoms with E-state index in [4.69, 9.17) is 5.73 Å². The Morgan fingerprint density at radius 1 is 1.22 bits per heavy atom. The number of aromatic nitrogens is 3. The molecule has 0 spiro atoms. The Hall–Kier alpha value is -4.08. The zero-order valence-corrected chi connectivity index (χ0v) is 21.4. The molecule has 3 atom stereocenters. The Bertz CT molecular complexity index is 1340. The summed E-state index contributed by atoms with van der Waals surface area (Å²) in [7, 11) is 3.33. The van der Waals surface area contributed by atoms with Crippen LogP contribution < -0.4 is 10.6 Å². The van der Waals surface area contributed by atoms with Gasteiger partial charge in [0.2, 0.25) is 17.8 Å². The number of β-lactam (4-membered cyclic amide) rings is 1. The maximum atomic E-state index is 14.2. The molecule has 37 heavy (non-hydrogen) atoms. The van der Waals surface area contributed by atoms with Crippen molar-refractivity contribution in [3.05, 3.63) is 71.4 Å². The highest BCUT2D eigenvalue weighted by atomic mass is 19.1. The summed E-state index contributed by atoms with van der Waals surface area (Å²) < 4.78 is 15.9. The fraction of sp³-hybridized carbons (Fsp3) is 0.370. The Kier molecular flexibility index (Phi) is 7.37. The van der Waals surface area contributed by atoms with E-state index in [9.17, 15) is 18.8 Å². The van der Waals surface area contributed by atoms with Gasteiger partial charge in [0.25, 0.3) is 5.91 Å². The lowest BCUT2D eigenvalue weighted by molar-refractivity contribution is -0.170. The van der Waals surface area contributed by atoms with Gasteiger partial charge in [-0.1, -0.05) is 19.1 Å². The van der Waals surface area contributed by atoms with Crippen molar-refractivity contribution in [3.8, 4) is 0 Å². The van der Waals surface area contributed by atoms with Crippen LogP contribution >= 0.6 is 0 Å². The highest BCUT2D eigenvalue weighted by Crippen LogP contribution is 2.36. The van der Waals surface area contributed by atoms with Crippen molar-refractivity contribution in [2.45, 2.75) is 45.1 Å². The van der Waals surface area contributed by atoms with Crippen molar-refractivity contribution in [3.63, 3.8) is 0 Å². The molecule has 2 aromatic heterocycles. The molecule has 1 aliphatic heterocycles. The molecule has 4 rings (SSSR count). The first-order valence-corrected chi connectivity index (χ1v) is 12.2. The van der Waals surface area contributed by atoms with Gasteiger partial charge in [-0.25, -0.2) is 14.4 Å². The van der Waals surface area contributed by atoms with Crippen LogP contribution in [0.4, 0.5) is 16.2 Å². The monoisotopic (exact) mass is 506 g/mol. The SMILES string of the molecule is CC[C@@H](CC(=O)N1C(=O)[C@H](Cc2ccnc(N)c2)[C@H]1C(=O)N(C)c1nccn1C)c1cccc(F)c1C. The van der Waals surface area contributed by atoms with Crippen LogP contribution in [0.3, 0.4) is 0 Å². The van der Waals surface area contributed by atoms with Crippen molar-refractivity contribution in [1.29, 1.82) is 0 Å². The lowest BCUT2D eigenvalue weighted by atomic mass is 9.80. The lowest BCUT2D eigenvalue weighted by Gasteiger charge is -2.46. The smallest absolute Gasteiger partial charge is 0.253 e. The number of imidazole rings is 1. The van der Waals surface area contributed by atoms with E-state index in [1.54, 1.807) is 68.4 Å². The van der Waals surface area contributed by atoms with Gasteiger partial charge in [0.1, 0.15) is 17.7 Å². The molecular weight excluding hydrogens is 475 g/mol.